The maximum atomic E-state index is 11.9. The third-order valence-electron chi connectivity index (χ3n) is 3.63. The Kier molecular flexibility index (Phi) is 6.13. The molecule has 3 rings (SSSR count). The number of aromatic nitrogens is 4. The number of anilines is 1. The van der Waals surface area contributed by atoms with E-state index in [0.29, 0.717) is 32.0 Å². The summed E-state index contributed by atoms with van der Waals surface area (Å²) in [5.74, 6) is 0.684. The average molecular weight is 351 g/mol. The molecule has 8 heteroatoms. The highest BCUT2D eigenvalue weighted by Crippen LogP contribution is 2.07. The molecule has 0 radical (unpaired) electrons. The van der Waals surface area contributed by atoms with Crippen molar-refractivity contribution in [2.75, 3.05) is 18.4 Å². The Morgan fingerprint density at radius 1 is 1.04 bits per heavy atom. The van der Waals surface area contributed by atoms with E-state index < -0.39 is 0 Å². The molecule has 0 aliphatic carbocycles. The highest BCUT2D eigenvalue weighted by Gasteiger charge is 2.02. The molecule has 134 valence electrons. The number of nitrogens with one attached hydrogen (secondary N) is 3. The highest BCUT2D eigenvalue weighted by atomic mass is 16.2. The topological polar surface area (TPSA) is 96.8 Å². The molecule has 3 aromatic rings. The van der Waals surface area contributed by atoms with Gasteiger partial charge in [-0.2, -0.15) is 5.10 Å². The third kappa shape index (κ3) is 5.59. The number of benzene rings is 1. The molecule has 0 aliphatic rings. The van der Waals surface area contributed by atoms with Gasteiger partial charge >= 0.3 is 6.03 Å². The molecule has 2 aromatic heterocycles. The van der Waals surface area contributed by atoms with Crippen molar-refractivity contribution in [3.05, 3.63) is 72.4 Å². The minimum atomic E-state index is -0.205. The van der Waals surface area contributed by atoms with Crippen molar-refractivity contribution < 1.29 is 4.79 Å². The first-order valence-corrected chi connectivity index (χ1v) is 8.36. The van der Waals surface area contributed by atoms with E-state index >= 15 is 0 Å². The van der Waals surface area contributed by atoms with E-state index in [1.165, 1.54) is 0 Å². The number of carbonyl (C=O) groups is 1. The van der Waals surface area contributed by atoms with E-state index in [4.69, 9.17) is 0 Å². The van der Waals surface area contributed by atoms with Crippen molar-refractivity contribution in [1.82, 2.24) is 30.4 Å². The van der Waals surface area contributed by atoms with E-state index in [1.54, 1.807) is 24.8 Å². The molecule has 26 heavy (non-hydrogen) atoms. The maximum absolute atomic E-state index is 11.9. The summed E-state index contributed by atoms with van der Waals surface area (Å²) in [5, 5.41) is 12.9. The lowest BCUT2D eigenvalue weighted by Crippen LogP contribution is -2.37. The van der Waals surface area contributed by atoms with Gasteiger partial charge in [-0.25, -0.2) is 9.78 Å². The quantitative estimate of drug-likeness (QED) is 0.536. The van der Waals surface area contributed by atoms with Crippen LogP contribution in [-0.4, -0.2) is 38.9 Å². The standard InChI is InChI=1S/C18H21N7O/c26-18(22-9-8-21-17-13-19-6-7-20-17)23-12-15-3-1-4-16(11-15)14-25-10-2-5-24-25/h1-7,10-11,13H,8-9,12,14H2,(H,20,21)(H2,22,23,26). The Hall–Kier alpha value is -3.42. The molecule has 0 saturated heterocycles. The molecule has 0 spiro atoms. The second-order valence-corrected chi connectivity index (χ2v) is 5.65. The van der Waals surface area contributed by atoms with Gasteiger partial charge in [0.15, 0.2) is 0 Å². The van der Waals surface area contributed by atoms with E-state index in [2.05, 4.69) is 37.1 Å². The Morgan fingerprint density at radius 2 is 1.96 bits per heavy atom. The summed E-state index contributed by atoms with van der Waals surface area (Å²) in [6, 6.07) is 9.78. The summed E-state index contributed by atoms with van der Waals surface area (Å²) in [4.78, 5) is 19.9. The lowest BCUT2D eigenvalue weighted by atomic mass is 10.1. The molecule has 0 unspecified atom stereocenters. The minimum Gasteiger partial charge on any atom is -0.367 e. The van der Waals surface area contributed by atoms with Crippen LogP contribution in [0.1, 0.15) is 11.1 Å². The molecule has 0 aliphatic heterocycles. The van der Waals surface area contributed by atoms with E-state index in [1.807, 2.05) is 35.1 Å². The van der Waals surface area contributed by atoms with Crippen molar-refractivity contribution in [3.63, 3.8) is 0 Å². The zero-order valence-electron chi connectivity index (χ0n) is 14.3. The van der Waals surface area contributed by atoms with Gasteiger partial charge in [0, 0.05) is 44.4 Å². The molecule has 0 bridgehead atoms. The smallest absolute Gasteiger partial charge is 0.315 e. The number of hydrogen-bond acceptors (Lipinski definition) is 5. The molecule has 3 N–H and O–H groups in total. The van der Waals surface area contributed by atoms with Crippen LogP contribution in [0.4, 0.5) is 10.6 Å². The third-order valence-corrected chi connectivity index (χ3v) is 3.63. The second kappa shape index (κ2) is 9.16. The van der Waals surface area contributed by atoms with Crippen molar-refractivity contribution >= 4 is 11.8 Å². The number of urea groups is 1. The Morgan fingerprint density at radius 3 is 2.77 bits per heavy atom. The number of nitrogens with zero attached hydrogens (tertiary/aromatic N) is 4. The second-order valence-electron chi connectivity index (χ2n) is 5.65. The van der Waals surface area contributed by atoms with E-state index in [9.17, 15) is 4.79 Å². The van der Waals surface area contributed by atoms with Gasteiger partial charge in [-0.05, 0) is 17.2 Å². The van der Waals surface area contributed by atoms with Crippen molar-refractivity contribution in [2.24, 2.45) is 0 Å². The first-order chi connectivity index (χ1) is 12.8. The van der Waals surface area contributed by atoms with Gasteiger partial charge in [0.2, 0.25) is 0 Å². The van der Waals surface area contributed by atoms with Crippen LogP contribution in [0.5, 0.6) is 0 Å². The summed E-state index contributed by atoms with van der Waals surface area (Å²) >= 11 is 0. The first kappa shape index (κ1) is 17.4. The molecule has 2 heterocycles. The molecule has 2 amide bonds. The molecule has 8 nitrogen and oxygen atoms in total. The van der Waals surface area contributed by atoms with Gasteiger partial charge in [0.25, 0.3) is 0 Å². The summed E-state index contributed by atoms with van der Waals surface area (Å²) in [6.07, 6.45) is 8.54. The minimum absolute atomic E-state index is 0.205. The van der Waals surface area contributed by atoms with Crippen LogP contribution < -0.4 is 16.0 Å². The SMILES string of the molecule is O=C(NCCNc1cnccn1)NCc1cccc(Cn2cccn2)c1. The van der Waals surface area contributed by atoms with Crippen LogP contribution in [0.25, 0.3) is 0 Å². The predicted molar refractivity (Wildman–Crippen MR) is 98.5 cm³/mol. The van der Waals surface area contributed by atoms with Crippen LogP contribution in [0, 0.1) is 0 Å². The fraction of sp³-hybridized carbons (Fsp3) is 0.222. The van der Waals surface area contributed by atoms with Crippen LogP contribution in [0.3, 0.4) is 0 Å². The lowest BCUT2D eigenvalue weighted by Gasteiger charge is -2.10. The zero-order valence-corrected chi connectivity index (χ0v) is 14.3. The van der Waals surface area contributed by atoms with Crippen molar-refractivity contribution in [3.8, 4) is 0 Å². The monoisotopic (exact) mass is 351 g/mol. The highest BCUT2D eigenvalue weighted by molar-refractivity contribution is 5.73. The Bertz CT molecular complexity index is 805. The zero-order chi connectivity index (χ0) is 18.0. The van der Waals surface area contributed by atoms with Gasteiger partial charge in [0.05, 0.1) is 12.7 Å². The largest absolute Gasteiger partial charge is 0.367 e. The van der Waals surface area contributed by atoms with Crippen molar-refractivity contribution in [2.45, 2.75) is 13.1 Å². The summed E-state index contributed by atoms with van der Waals surface area (Å²) in [5.41, 5.74) is 2.18. The van der Waals surface area contributed by atoms with Gasteiger partial charge in [-0.3, -0.25) is 9.67 Å². The number of amides is 2. The maximum Gasteiger partial charge on any atom is 0.315 e. The normalized spacial score (nSPS) is 10.3. The van der Waals surface area contributed by atoms with Gasteiger partial charge in [0.1, 0.15) is 5.82 Å². The molecule has 0 fully saturated rings. The average Bonchev–Trinajstić information content (AvgIpc) is 3.18. The van der Waals surface area contributed by atoms with Crippen LogP contribution >= 0.6 is 0 Å². The number of carbonyl (C=O) groups excluding carboxylic acids is 1. The Labute approximate surface area is 151 Å². The summed E-state index contributed by atoms with van der Waals surface area (Å²) < 4.78 is 1.86. The molecular weight excluding hydrogens is 330 g/mol. The number of hydrogen-bond donors (Lipinski definition) is 3. The van der Waals surface area contributed by atoms with E-state index in [-0.39, 0.29) is 6.03 Å². The van der Waals surface area contributed by atoms with Crippen LogP contribution in [-0.2, 0) is 13.1 Å². The molecule has 0 saturated carbocycles. The summed E-state index contributed by atoms with van der Waals surface area (Å²) in [6.45, 7) is 2.24. The molecule has 1 aromatic carbocycles. The Balaban J connectivity index is 1.37. The molecular formula is C18H21N7O. The number of rotatable bonds is 8. The molecule has 0 atom stereocenters. The fourth-order valence-electron chi connectivity index (χ4n) is 2.42. The van der Waals surface area contributed by atoms with Gasteiger partial charge in [-0.1, -0.05) is 24.3 Å². The van der Waals surface area contributed by atoms with Crippen LogP contribution in [0.2, 0.25) is 0 Å². The lowest BCUT2D eigenvalue weighted by molar-refractivity contribution is 0.241. The van der Waals surface area contributed by atoms with Gasteiger partial charge in [-0.15, -0.1) is 0 Å². The van der Waals surface area contributed by atoms with Crippen LogP contribution in [0.15, 0.2) is 61.3 Å². The fourth-order valence-corrected chi connectivity index (χ4v) is 2.42. The van der Waals surface area contributed by atoms with Gasteiger partial charge < -0.3 is 16.0 Å². The van der Waals surface area contributed by atoms with Crippen molar-refractivity contribution in [1.29, 1.82) is 0 Å². The first-order valence-electron chi connectivity index (χ1n) is 8.36. The predicted octanol–water partition coefficient (Wildman–Crippen LogP) is 1.63. The van der Waals surface area contributed by atoms with E-state index in [0.717, 1.165) is 11.1 Å². The summed E-state index contributed by atoms with van der Waals surface area (Å²) in [7, 11) is 0.